The Morgan fingerprint density at radius 2 is 2.05 bits per heavy atom. The molecule has 20 heavy (non-hydrogen) atoms. The molecule has 2 aromatic carbocycles. The van der Waals surface area contributed by atoms with Crippen molar-refractivity contribution in [3.63, 3.8) is 0 Å². The molecule has 0 saturated heterocycles. The zero-order valence-electron chi connectivity index (χ0n) is 10.6. The number of nitrogens with two attached hydrogens (primary N) is 1. The third-order valence-electron chi connectivity index (χ3n) is 3.05. The van der Waals surface area contributed by atoms with Crippen LogP contribution in [0.2, 0.25) is 0 Å². The Morgan fingerprint density at radius 1 is 1.30 bits per heavy atom. The van der Waals surface area contributed by atoms with Gasteiger partial charge >= 0.3 is 0 Å². The van der Waals surface area contributed by atoms with Crippen molar-refractivity contribution in [3.8, 4) is 11.4 Å². The molecule has 0 aliphatic carbocycles. The number of ether oxygens (including phenoxy) is 1. The molecule has 6 heteroatoms. The molecule has 3 aromatic rings. The second-order valence-electron chi connectivity index (χ2n) is 4.23. The van der Waals surface area contributed by atoms with Crippen molar-refractivity contribution < 1.29 is 9.13 Å². The van der Waals surface area contributed by atoms with E-state index in [-0.39, 0.29) is 5.82 Å². The number of para-hydroxylation sites is 2. The van der Waals surface area contributed by atoms with Gasteiger partial charge in [0.05, 0.1) is 27.4 Å². The molecule has 0 spiro atoms. The van der Waals surface area contributed by atoms with Gasteiger partial charge in [-0.25, -0.2) is 9.37 Å². The highest BCUT2D eigenvalue weighted by Crippen LogP contribution is 2.30. The standard InChI is InChI=1S/C14H11FIN3O/c1-20-13-5-3-2-4-11(13)19-12-6-8(15)9(16)7-10(12)18-14(19)17/h2-7H,1H3,(H2,17,18). The second-order valence-corrected chi connectivity index (χ2v) is 5.39. The molecule has 3 rings (SSSR count). The highest BCUT2D eigenvalue weighted by atomic mass is 127. The molecule has 0 aliphatic heterocycles. The Bertz CT molecular complexity index is 800. The lowest BCUT2D eigenvalue weighted by atomic mass is 10.2. The smallest absolute Gasteiger partial charge is 0.206 e. The van der Waals surface area contributed by atoms with Crippen molar-refractivity contribution in [2.24, 2.45) is 0 Å². The predicted molar refractivity (Wildman–Crippen MR) is 84.7 cm³/mol. The number of fused-ring (bicyclic) bond motifs is 1. The summed E-state index contributed by atoms with van der Waals surface area (Å²) in [7, 11) is 1.58. The molecular weight excluding hydrogens is 372 g/mol. The van der Waals surface area contributed by atoms with E-state index in [0.717, 1.165) is 5.69 Å². The van der Waals surface area contributed by atoms with E-state index in [9.17, 15) is 4.39 Å². The van der Waals surface area contributed by atoms with Crippen LogP contribution in [0.4, 0.5) is 10.3 Å². The lowest BCUT2D eigenvalue weighted by molar-refractivity contribution is 0.413. The van der Waals surface area contributed by atoms with Gasteiger partial charge in [0.25, 0.3) is 0 Å². The molecule has 0 unspecified atom stereocenters. The van der Waals surface area contributed by atoms with Crippen LogP contribution in [0.25, 0.3) is 16.7 Å². The summed E-state index contributed by atoms with van der Waals surface area (Å²) in [6.07, 6.45) is 0. The predicted octanol–water partition coefficient (Wildman–Crippen LogP) is 3.36. The average Bonchev–Trinajstić information content (AvgIpc) is 2.74. The van der Waals surface area contributed by atoms with Crippen molar-refractivity contribution in [3.05, 3.63) is 45.8 Å². The topological polar surface area (TPSA) is 53.1 Å². The largest absolute Gasteiger partial charge is 0.495 e. The van der Waals surface area contributed by atoms with E-state index in [0.29, 0.717) is 26.3 Å². The van der Waals surface area contributed by atoms with E-state index >= 15 is 0 Å². The first-order valence-corrected chi connectivity index (χ1v) is 6.96. The number of nitrogen functional groups attached to an aromatic ring is 1. The normalized spacial score (nSPS) is 10.9. The van der Waals surface area contributed by atoms with E-state index in [2.05, 4.69) is 4.98 Å². The maximum absolute atomic E-state index is 13.8. The van der Waals surface area contributed by atoms with Crippen molar-refractivity contribution in [1.82, 2.24) is 9.55 Å². The van der Waals surface area contributed by atoms with Crippen molar-refractivity contribution in [1.29, 1.82) is 0 Å². The molecule has 0 bridgehead atoms. The molecule has 0 amide bonds. The summed E-state index contributed by atoms with van der Waals surface area (Å²) < 4.78 is 21.3. The summed E-state index contributed by atoms with van der Waals surface area (Å²) in [4.78, 5) is 4.28. The minimum Gasteiger partial charge on any atom is -0.495 e. The molecule has 1 heterocycles. The first-order valence-electron chi connectivity index (χ1n) is 5.88. The Labute approximate surface area is 128 Å². The minimum atomic E-state index is -0.297. The summed E-state index contributed by atoms with van der Waals surface area (Å²) in [6, 6.07) is 10.5. The molecule has 0 radical (unpaired) electrons. The van der Waals surface area contributed by atoms with Crippen LogP contribution in [-0.4, -0.2) is 16.7 Å². The summed E-state index contributed by atoms with van der Waals surface area (Å²) in [5, 5.41) is 0. The van der Waals surface area contributed by atoms with E-state index in [1.807, 2.05) is 46.9 Å². The van der Waals surface area contributed by atoms with E-state index < -0.39 is 0 Å². The van der Waals surface area contributed by atoms with Crippen LogP contribution < -0.4 is 10.5 Å². The van der Waals surface area contributed by atoms with Crippen LogP contribution in [0.5, 0.6) is 5.75 Å². The molecule has 0 aliphatic rings. The van der Waals surface area contributed by atoms with Crippen LogP contribution in [0.3, 0.4) is 0 Å². The number of rotatable bonds is 2. The lowest BCUT2D eigenvalue weighted by Gasteiger charge is -2.11. The number of hydrogen-bond acceptors (Lipinski definition) is 3. The van der Waals surface area contributed by atoms with Crippen LogP contribution in [-0.2, 0) is 0 Å². The molecule has 102 valence electrons. The quantitative estimate of drug-likeness (QED) is 0.691. The van der Waals surface area contributed by atoms with Gasteiger partial charge < -0.3 is 10.5 Å². The molecule has 2 N–H and O–H groups in total. The fourth-order valence-electron chi connectivity index (χ4n) is 2.16. The Kier molecular flexibility index (Phi) is 3.25. The Morgan fingerprint density at radius 3 is 2.80 bits per heavy atom. The fraction of sp³-hybridized carbons (Fsp3) is 0.0714. The number of aromatic nitrogens is 2. The summed E-state index contributed by atoms with van der Waals surface area (Å²) in [6.45, 7) is 0. The summed E-state index contributed by atoms with van der Waals surface area (Å²) in [5.41, 5.74) is 7.98. The maximum atomic E-state index is 13.8. The number of hydrogen-bond donors (Lipinski definition) is 1. The van der Waals surface area contributed by atoms with Gasteiger partial charge in [0.2, 0.25) is 5.95 Å². The van der Waals surface area contributed by atoms with Gasteiger partial charge in [-0.05, 0) is 40.8 Å². The average molecular weight is 383 g/mol. The summed E-state index contributed by atoms with van der Waals surface area (Å²) in [5.74, 6) is 0.650. The highest BCUT2D eigenvalue weighted by molar-refractivity contribution is 14.1. The number of benzene rings is 2. The van der Waals surface area contributed by atoms with Gasteiger partial charge in [-0.1, -0.05) is 12.1 Å². The lowest BCUT2D eigenvalue weighted by Crippen LogP contribution is -2.02. The SMILES string of the molecule is COc1ccccc1-n1c(N)nc2cc(I)c(F)cc21. The van der Waals surface area contributed by atoms with Crippen molar-refractivity contribution in [2.45, 2.75) is 0 Å². The zero-order chi connectivity index (χ0) is 14.3. The van der Waals surface area contributed by atoms with Gasteiger partial charge in [0.15, 0.2) is 0 Å². The Hall–Kier alpha value is -1.83. The molecular formula is C14H11FIN3O. The van der Waals surface area contributed by atoms with Gasteiger partial charge in [-0.3, -0.25) is 4.57 Å². The molecule has 0 saturated carbocycles. The first kappa shape index (κ1) is 13.2. The first-order chi connectivity index (χ1) is 9.61. The molecule has 0 atom stereocenters. The van der Waals surface area contributed by atoms with Crippen LogP contribution in [0.15, 0.2) is 36.4 Å². The van der Waals surface area contributed by atoms with Gasteiger partial charge in [0.1, 0.15) is 11.6 Å². The Balaban J connectivity index is 2.36. The van der Waals surface area contributed by atoms with Crippen LogP contribution in [0, 0.1) is 9.39 Å². The zero-order valence-corrected chi connectivity index (χ0v) is 12.8. The van der Waals surface area contributed by atoms with Gasteiger partial charge in [0, 0.05) is 6.07 Å². The van der Waals surface area contributed by atoms with Crippen molar-refractivity contribution in [2.75, 3.05) is 12.8 Å². The number of halogens is 2. The van der Waals surface area contributed by atoms with Crippen LogP contribution in [0.1, 0.15) is 0 Å². The minimum absolute atomic E-state index is 0.297. The third-order valence-corrected chi connectivity index (χ3v) is 3.88. The number of anilines is 1. The summed E-state index contributed by atoms with van der Waals surface area (Å²) >= 11 is 1.93. The van der Waals surface area contributed by atoms with Crippen LogP contribution >= 0.6 is 22.6 Å². The van der Waals surface area contributed by atoms with Crippen molar-refractivity contribution >= 4 is 39.6 Å². The fourth-order valence-corrected chi connectivity index (χ4v) is 2.61. The monoisotopic (exact) mass is 383 g/mol. The van der Waals surface area contributed by atoms with E-state index in [1.165, 1.54) is 6.07 Å². The van der Waals surface area contributed by atoms with E-state index in [4.69, 9.17) is 10.5 Å². The second kappa shape index (κ2) is 4.93. The maximum Gasteiger partial charge on any atom is 0.206 e. The number of imidazole rings is 1. The molecule has 0 fully saturated rings. The molecule has 1 aromatic heterocycles. The van der Waals surface area contributed by atoms with E-state index in [1.54, 1.807) is 17.7 Å². The third kappa shape index (κ3) is 2.00. The number of nitrogens with zero attached hydrogens (tertiary/aromatic N) is 2. The number of methoxy groups -OCH3 is 1. The van der Waals surface area contributed by atoms with Gasteiger partial charge in [-0.2, -0.15) is 0 Å². The molecule has 4 nitrogen and oxygen atoms in total. The highest BCUT2D eigenvalue weighted by Gasteiger charge is 2.15. The van der Waals surface area contributed by atoms with Gasteiger partial charge in [-0.15, -0.1) is 0 Å².